The van der Waals surface area contributed by atoms with Crippen LogP contribution < -0.4 is 5.32 Å². The maximum atomic E-state index is 3.73. The number of halogens is 1. The summed E-state index contributed by atoms with van der Waals surface area (Å²) >= 11 is 5.62. The van der Waals surface area contributed by atoms with Crippen LogP contribution in [-0.4, -0.2) is 6.54 Å². The molecule has 0 aliphatic carbocycles. The van der Waals surface area contributed by atoms with E-state index in [2.05, 4.69) is 78.4 Å². The van der Waals surface area contributed by atoms with Gasteiger partial charge in [0.15, 0.2) is 0 Å². The molecule has 2 atom stereocenters. The highest BCUT2D eigenvalue weighted by molar-refractivity contribution is 9.10. The van der Waals surface area contributed by atoms with E-state index in [-0.39, 0.29) is 0 Å². The van der Waals surface area contributed by atoms with Crippen molar-refractivity contribution in [3.8, 4) is 0 Å². The lowest BCUT2D eigenvalue weighted by Crippen LogP contribution is -2.26. The van der Waals surface area contributed by atoms with Crippen molar-refractivity contribution in [3.63, 3.8) is 0 Å². The second-order valence-corrected chi connectivity index (χ2v) is 7.17. The molecule has 0 amide bonds. The monoisotopic (exact) mass is 351 g/mol. The highest BCUT2D eigenvalue weighted by Gasteiger charge is 2.25. The van der Waals surface area contributed by atoms with Crippen LogP contribution >= 0.6 is 27.3 Å². The second-order valence-electron chi connectivity index (χ2n) is 5.03. The SMILES string of the molecule is CCNC(c1sc(C)cc1Br)C(CC)c1ccccc1. The van der Waals surface area contributed by atoms with Gasteiger partial charge in [0, 0.05) is 26.2 Å². The molecule has 0 spiro atoms. The Morgan fingerprint density at radius 1 is 1.20 bits per heavy atom. The summed E-state index contributed by atoms with van der Waals surface area (Å²) in [6, 6.07) is 13.4. The molecule has 2 unspecified atom stereocenters. The number of nitrogens with one attached hydrogen (secondary N) is 1. The molecular weight excluding hydrogens is 330 g/mol. The summed E-state index contributed by atoms with van der Waals surface area (Å²) in [7, 11) is 0. The predicted octanol–water partition coefficient (Wildman–Crippen LogP) is 5.66. The Bertz CT molecular complexity index is 535. The summed E-state index contributed by atoms with van der Waals surface area (Å²) < 4.78 is 1.24. The molecular formula is C17H22BrNS. The third kappa shape index (κ3) is 3.51. The molecule has 0 saturated carbocycles. The van der Waals surface area contributed by atoms with E-state index in [4.69, 9.17) is 0 Å². The molecule has 0 saturated heterocycles. The van der Waals surface area contributed by atoms with E-state index in [1.54, 1.807) is 0 Å². The summed E-state index contributed by atoms with van der Waals surface area (Å²) in [5.74, 6) is 0.505. The first-order valence-electron chi connectivity index (χ1n) is 7.21. The fourth-order valence-electron chi connectivity index (χ4n) is 2.71. The van der Waals surface area contributed by atoms with Gasteiger partial charge in [-0.2, -0.15) is 0 Å². The number of likely N-dealkylation sites (N-methyl/N-ethyl adjacent to an activating group) is 1. The number of hydrogen-bond acceptors (Lipinski definition) is 2. The average molecular weight is 352 g/mol. The van der Waals surface area contributed by atoms with Crippen LogP contribution in [0.2, 0.25) is 0 Å². The zero-order chi connectivity index (χ0) is 14.5. The van der Waals surface area contributed by atoms with Crippen molar-refractivity contribution in [2.75, 3.05) is 6.54 Å². The standard InChI is InChI=1S/C17H22BrNS/c1-4-14(13-9-7-6-8-10-13)16(19-5-2)17-15(18)11-12(3)20-17/h6-11,14,16,19H,4-5H2,1-3H3. The lowest BCUT2D eigenvalue weighted by Gasteiger charge is -2.27. The van der Waals surface area contributed by atoms with E-state index in [1.165, 1.54) is 19.8 Å². The summed E-state index contributed by atoms with van der Waals surface area (Å²) in [4.78, 5) is 2.78. The molecule has 0 aliphatic rings. The van der Waals surface area contributed by atoms with Crippen molar-refractivity contribution in [1.29, 1.82) is 0 Å². The van der Waals surface area contributed by atoms with Gasteiger partial charge in [-0.05, 0) is 47.4 Å². The summed E-state index contributed by atoms with van der Waals surface area (Å²) in [6.45, 7) is 7.61. The lowest BCUT2D eigenvalue weighted by molar-refractivity contribution is 0.450. The first-order chi connectivity index (χ1) is 9.67. The molecule has 1 N–H and O–H groups in total. The molecule has 0 bridgehead atoms. The molecule has 1 aromatic heterocycles. The van der Waals surface area contributed by atoms with Gasteiger partial charge in [0.1, 0.15) is 0 Å². The van der Waals surface area contributed by atoms with Gasteiger partial charge in [-0.15, -0.1) is 11.3 Å². The Kier molecular flexibility index (Phi) is 5.82. The number of thiophene rings is 1. The fraction of sp³-hybridized carbons (Fsp3) is 0.412. The van der Waals surface area contributed by atoms with Crippen LogP contribution in [0.15, 0.2) is 40.9 Å². The largest absolute Gasteiger partial charge is 0.309 e. The molecule has 0 fully saturated rings. The number of rotatable bonds is 6. The third-order valence-corrected chi connectivity index (χ3v) is 5.66. The second kappa shape index (κ2) is 7.39. The van der Waals surface area contributed by atoms with Crippen LogP contribution in [0.25, 0.3) is 0 Å². The van der Waals surface area contributed by atoms with Gasteiger partial charge in [-0.25, -0.2) is 0 Å². The first-order valence-corrected chi connectivity index (χ1v) is 8.82. The Labute approximate surface area is 134 Å². The van der Waals surface area contributed by atoms with E-state index >= 15 is 0 Å². The van der Waals surface area contributed by atoms with Crippen molar-refractivity contribution in [3.05, 3.63) is 56.2 Å². The summed E-state index contributed by atoms with van der Waals surface area (Å²) in [5, 5.41) is 3.68. The van der Waals surface area contributed by atoms with Crippen LogP contribution in [0.5, 0.6) is 0 Å². The lowest BCUT2D eigenvalue weighted by atomic mass is 9.88. The fourth-order valence-corrected chi connectivity index (χ4v) is 4.75. The van der Waals surface area contributed by atoms with Gasteiger partial charge in [-0.1, -0.05) is 44.2 Å². The Balaban J connectivity index is 2.38. The average Bonchev–Trinajstić information content (AvgIpc) is 2.78. The Morgan fingerprint density at radius 2 is 1.90 bits per heavy atom. The molecule has 1 aromatic carbocycles. The van der Waals surface area contributed by atoms with Gasteiger partial charge in [0.25, 0.3) is 0 Å². The summed E-state index contributed by atoms with van der Waals surface area (Å²) in [6.07, 6.45) is 1.13. The molecule has 0 aliphatic heterocycles. The Morgan fingerprint density at radius 3 is 2.40 bits per heavy atom. The number of hydrogen-bond donors (Lipinski definition) is 1. The topological polar surface area (TPSA) is 12.0 Å². The third-order valence-electron chi connectivity index (χ3n) is 3.61. The minimum atomic E-state index is 0.375. The highest BCUT2D eigenvalue weighted by Crippen LogP contribution is 2.40. The zero-order valence-electron chi connectivity index (χ0n) is 12.3. The molecule has 0 radical (unpaired) electrons. The molecule has 108 valence electrons. The van der Waals surface area contributed by atoms with E-state index in [9.17, 15) is 0 Å². The van der Waals surface area contributed by atoms with Crippen molar-refractivity contribution >= 4 is 27.3 Å². The van der Waals surface area contributed by atoms with E-state index in [0.29, 0.717) is 12.0 Å². The number of aryl methyl sites for hydroxylation is 1. The van der Waals surface area contributed by atoms with Gasteiger partial charge < -0.3 is 5.32 Å². The van der Waals surface area contributed by atoms with Crippen LogP contribution in [0.1, 0.15) is 47.5 Å². The van der Waals surface area contributed by atoms with Crippen LogP contribution in [0.3, 0.4) is 0 Å². The van der Waals surface area contributed by atoms with Crippen LogP contribution in [0.4, 0.5) is 0 Å². The Hall–Kier alpha value is -0.640. The minimum absolute atomic E-state index is 0.375. The normalized spacial score (nSPS) is 14.2. The maximum absolute atomic E-state index is 3.73. The van der Waals surface area contributed by atoms with Gasteiger partial charge >= 0.3 is 0 Å². The van der Waals surface area contributed by atoms with E-state index in [1.807, 2.05) is 11.3 Å². The maximum Gasteiger partial charge on any atom is 0.0495 e. The molecule has 1 heterocycles. The summed E-state index contributed by atoms with van der Waals surface area (Å²) in [5.41, 5.74) is 1.42. The molecule has 1 nitrogen and oxygen atoms in total. The minimum Gasteiger partial charge on any atom is -0.309 e. The van der Waals surface area contributed by atoms with E-state index in [0.717, 1.165) is 13.0 Å². The molecule has 3 heteroatoms. The van der Waals surface area contributed by atoms with Crippen LogP contribution in [0, 0.1) is 6.92 Å². The molecule has 2 rings (SSSR count). The quantitative estimate of drug-likeness (QED) is 0.707. The van der Waals surface area contributed by atoms with Crippen LogP contribution in [-0.2, 0) is 0 Å². The number of benzene rings is 1. The van der Waals surface area contributed by atoms with Gasteiger partial charge in [-0.3, -0.25) is 0 Å². The van der Waals surface area contributed by atoms with Gasteiger partial charge in [0.05, 0.1) is 0 Å². The van der Waals surface area contributed by atoms with Crippen molar-refractivity contribution in [2.24, 2.45) is 0 Å². The molecule has 2 aromatic rings. The smallest absolute Gasteiger partial charge is 0.0495 e. The predicted molar refractivity (Wildman–Crippen MR) is 92.6 cm³/mol. The molecule has 20 heavy (non-hydrogen) atoms. The highest BCUT2D eigenvalue weighted by atomic mass is 79.9. The van der Waals surface area contributed by atoms with Gasteiger partial charge in [0.2, 0.25) is 0 Å². The zero-order valence-corrected chi connectivity index (χ0v) is 14.7. The van der Waals surface area contributed by atoms with E-state index < -0.39 is 0 Å². The van der Waals surface area contributed by atoms with Crippen molar-refractivity contribution < 1.29 is 0 Å². The van der Waals surface area contributed by atoms with Crippen molar-refractivity contribution in [2.45, 2.75) is 39.2 Å². The van der Waals surface area contributed by atoms with Crippen molar-refractivity contribution in [1.82, 2.24) is 5.32 Å². The first kappa shape index (κ1) is 15.7.